The van der Waals surface area contributed by atoms with Crippen LogP contribution in [0.3, 0.4) is 0 Å². The average Bonchev–Trinajstić information content (AvgIpc) is 1.95. The Bertz CT molecular complexity index is 375. The highest BCUT2D eigenvalue weighted by Gasteiger charge is 2.27. The molecule has 0 fully saturated rings. The Morgan fingerprint density at radius 2 is 1.50 bits per heavy atom. The van der Waals surface area contributed by atoms with Crippen molar-refractivity contribution in [2.24, 2.45) is 0 Å². The van der Waals surface area contributed by atoms with Gasteiger partial charge in [-0.3, -0.25) is 0 Å². The van der Waals surface area contributed by atoms with Gasteiger partial charge in [-0.2, -0.15) is 0 Å². The van der Waals surface area contributed by atoms with Crippen LogP contribution in [-0.4, -0.2) is 43.1 Å². The molecule has 0 aliphatic heterocycles. The Morgan fingerprint density at radius 3 is 1.57 bits per heavy atom. The molecule has 0 aromatic carbocycles. The minimum absolute atomic E-state index is 0.572. The lowest BCUT2D eigenvalue weighted by molar-refractivity contribution is -0.140. The summed E-state index contributed by atoms with van der Waals surface area (Å²) >= 11 is 0.572. The van der Waals surface area contributed by atoms with Crippen molar-refractivity contribution in [2.45, 2.75) is 0 Å². The third-order valence-corrected chi connectivity index (χ3v) is 4.01. The van der Waals surface area contributed by atoms with Gasteiger partial charge in [0.05, 0.1) is 0 Å². The van der Waals surface area contributed by atoms with E-state index in [2.05, 4.69) is 0 Å². The van der Waals surface area contributed by atoms with Gasteiger partial charge in [0.15, 0.2) is 15.4 Å². The Labute approximate surface area is 84.5 Å². The lowest BCUT2D eigenvalue weighted by atomic mass is 10.3. The van der Waals surface area contributed by atoms with E-state index < -0.39 is 31.6 Å². The summed E-state index contributed by atoms with van der Waals surface area (Å²) in [6, 6.07) is 0. The molecule has 0 atom stereocenters. The van der Waals surface area contributed by atoms with Gasteiger partial charge in [-0.1, -0.05) is 0 Å². The van der Waals surface area contributed by atoms with E-state index in [9.17, 15) is 18.0 Å². The molecule has 0 radical (unpaired) electrons. The number of aliphatic carboxylic acids is 2. The van der Waals surface area contributed by atoms with Crippen LogP contribution in [0.2, 0.25) is 0 Å². The normalized spacial score (nSPS) is 10.7. The summed E-state index contributed by atoms with van der Waals surface area (Å²) in [7, 11) is -3.82. The molecule has 0 heterocycles. The number of carbonyl (C=O) groups is 2. The zero-order chi connectivity index (χ0) is 11.5. The van der Waals surface area contributed by atoms with E-state index in [1.807, 2.05) is 0 Å². The minimum atomic E-state index is -3.82. The summed E-state index contributed by atoms with van der Waals surface area (Å²) in [4.78, 5) is 20.9. The third kappa shape index (κ3) is 3.04. The van der Waals surface area contributed by atoms with E-state index in [-0.39, 0.29) is 0 Å². The second kappa shape index (κ2) is 4.47. The van der Waals surface area contributed by atoms with Crippen LogP contribution in [0.5, 0.6) is 0 Å². The SMILES string of the molecule is CSC(=C(C(=O)O)C(=O)O)S(C)(=O)=O. The van der Waals surface area contributed by atoms with Crippen LogP contribution in [0.4, 0.5) is 0 Å². The summed E-state index contributed by atoms with van der Waals surface area (Å²) < 4.78 is 21.4. The highest BCUT2D eigenvalue weighted by atomic mass is 32.3. The van der Waals surface area contributed by atoms with Crippen molar-refractivity contribution in [3.8, 4) is 0 Å². The fraction of sp³-hybridized carbons (Fsp3) is 0.333. The molecule has 0 bridgehead atoms. The second-order valence-electron chi connectivity index (χ2n) is 2.25. The summed E-state index contributed by atoms with van der Waals surface area (Å²) in [5.74, 6) is -3.54. The highest BCUT2D eigenvalue weighted by molar-refractivity contribution is 8.18. The van der Waals surface area contributed by atoms with Gasteiger partial charge in [-0.25, -0.2) is 18.0 Å². The van der Waals surface area contributed by atoms with Crippen LogP contribution < -0.4 is 0 Å². The molecule has 0 rings (SSSR count). The second-order valence-corrected chi connectivity index (χ2v) is 5.28. The molecule has 0 aromatic heterocycles. The maximum absolute atomic E-state index is 11.0. The monoisotopic (exact) mass is 240 g/mol. The largest absolute Gasteiger partial charge is 0.477 e. The fourth-order valence-electron chi connectivity index (χ4n) is 0.705. The van der Waals surface area contributed by atoms with Gasteiger partial charge in [0.1, 0.15) is 4.24 Å². The van der Waals surface area contributed by atoms with Gasteiger partial charge in [0.2, 0.25) is 0 Å². The average molecular weight is 240 g/mol. The molecule has 0 aliphatic rings. The Kier molecular flexibility index (Phi) is 4.14. The van der Waals surface area contributed by atoms with Crippen molar-refractivity contribution in [1.29, 1.82) is 0 Å². The van der Waals surface area contributed by atoms with Gasteiger partial charge in [-0.15, -0.1) is 11.8 Å². The smallest absolute Gasteiger partial charge is 0.345 e. The molecule has 0 saturated heterocycles. The van der Waals surface area contributed by atoms with E-state index in [1.54, 1.807) is 0 Å². The molecule has 0 amide bonds. The molecule has 0 spiro atoms. The van der Waals surface area contributed by atoms with Crippen molar-refractivity contribution < 1.29 is 28.2 Å². The maximum atomic E-state index is 11.0. The molecular weight excluding hydrogens is 232 g/mol. The molecule has 2 N–H and O–H groups in total. The Balaban J connectivity index is 5.82. The summed E-state index contributed by atoms with van der Waals surface area (Å²) in [5, 5.41) is 17.0. The van der Waals surface area contributed by atoms with Crippen LogP contribution in [0, 0.1) is 0 Å². The van der Waals surface area contributed by atoms with E-state index in [0.29, 0.717) is 11.8 Å². The quantitative estimate of drug-likeness (QED) is 0.397. The van der Waals surface area contributed by atoms with Crippen LogP contribution in [-0.2, 0) is 19.4 Å². The molecule has 0 unspecified atom stereocenters. The van der Waals surface area contributed by atoms with Gasteiger partial charge < -0.3 is 10.2 Å². The predicted octanol–water partition coefficient (Wildman–Crippen LogP) is -0.225. The predicted molar refractivity (Wildman–Crippen MR) is 50.7 cm³/mol. The summed E-state index contributed by atoms with van der Waals surface area (Å²) in [5.41, 5.74) is -1.13. The number of hydrogen-bond donors (Lipinski definition) is 2. The standard InChI is InChI=1S/C6H8O6S2/c1-13-6(14(2,11)12)3(4(7)8)5(9)10/h1-2H3,(H,7,8)(H,9,10). The highest BCUT2D eigenvalue weighted by Crippen LogP contribution is 2.23. The van der Waals surface area contributed by atoms with Gasteiger partial charge >= 0.3 is 11.9 Å². The van der Waals surface area contributed by atoms with Crippen molar-refractivity contribution in [2.75, 3.05) is 12.5 Å². The molecule has 0 saturated carbocycles. The first kappa shape index (κ1) is 13.0. The first-order valence-electron chi connectivity index (χ1n) is 3.16. The van der Waals surface area contributed by atoms with Crippen LogP contribution in [0.1, 0.15) is 0 Å². The lowest BCUT2D eigenvalue weighted by Crippen LogP contribution is -2.16. The number of hydrogen-bond acceptors (Lipinski definition) is 5. The van der Waals surface area contributed by atoms with Crippen molar-refractivity contribution in [3.63, 3.8) is 0 Å². The zero-order valence-corrected chi connectivity index (χ0v) is 8.98. The number of carboxylic acids is 2. The molecule has 14 heavy (non-hydrogen) atoms. The van der Waals surface area contributed by atoms with E-state index >= 15 is 0 Å². The topological polar surface area (TPSA) is 109 Å². The molecule has 8 heteroatoms. The molecular formula is C6H8O6S2. The van der Waals surface area contributed by atoms with Gasteiger partial charge in [0.25, 0.3) is 0 Å². The summed E-state index contributed by atoms with van der Waals surface area (Å²) in [6.07, 6.45) is 2.05. The van der Waals surface area contributed by atoms with Crippen molar-refractivity contribution in [1.82, 2.24) is 0 Å². The molecule has 6 nitrogen and oxygen atoms in total. The number of sulfone groups is 1. The fourth-order valence-corrected chi connectivity index (χ4v) is 2.84. The molecule has 0 aliphatic carbocycles. The Hall–Kier alpha value is -1.02. The van der Waals surface area contributed by atoms with Crippen LogP contribution in [0.25, 0.3) is 0 Å². The van der Waals surface area contributed by atoms with E-state index in [4.69, 9.17) is 10.2 Å². The Morgan fingerprint density at radius 1 is 1.14 bits per heavy atom. The van der Waals surface area contributed by atoms with Gasteiger partial charge in [0, 0.05) is 6.26 Å². The van der Waals surface area contributed by atoms with Crippen molar-refractivity contribution >= 4 is 33.5 Å². The zero-order valence-electron chi connectivity index (χ0n) is 7.34. The number of thioether (sulfide) groups is 1. The maximum Gasteiger partial charge on any atom is 0.345 e. The third-order valence-electron chi connectivity index (χ3n) is 1.15. The molecule has 0 aromatic rings. The first-order valence-corrected chi connectivity index (χ1v) is 6.28. The lowest BCUT2D eigenvalue weighted by Gasteiger charge is -2.03. The minimum Gasteiger partial charge on any atom is -0.477 e. The van der Waals surface area contributed by atoms with Crippen LogP contribution >= 0.6 is 11.8 Å². The van der Waals surface area contributed by atoms with Crippen LogP contribution in [0.15, 0.2) is 9.81 Å². The number of rotatable bonds is 4. The first-order chi connectivity index (χ1) is 6.21. The van der Waals surface area contributed by atoms with E-state index in [1.165, 1.54) is 6.26 Å². The summed E-state index contributed by atoms with van der Waals surface area (Å²) in [6.45, 7) is 0. The molecule has 80 valence electrons. The van der Waals surface area contributed by atoms with Gasteiger partial charge in [-0.05, 0) is 6.26 Å². The van der Waals surface area contributed by atoms with Crippen molar-refractivity contribution in [3.05, 3.63) is 9.81 Å². The van der Waals surface area contributed by atoms with E-state index in [0.717, 1.165) is 6.26 Å². The number of carboxylic acid groups (broad SMARTS) is 2.